The molecule has 1 spiro atoms. The number of rotatable bonds is 5. The number of primary amides is 1. The van der Waals surface area contributed by atoms with E-state index >= 15 is 0 Å². The van der Waals surface area contributed by atoms with Crippen LogP contribution in [0.4, 0.5) is 19.0 Å². The Kier molecular flexibility index (Phi) is 4.71. The number of aromatic nitrogens is 2. The van der Waals surface area contributed by atoms with Gasteiger partial charge in [0.05, 0.1) is 6.04 Å². The van der Waals surface area contributed by atoms with Gasteiger partial charge in [0.2, 0.25) is 5.91 Å². The molecule has 164 valence electrons. The molecule has 4 rings (SSSR count). The Balaban J connectivity index is 1.55. The Hall–Kier alpha value is -3.50. The number of amides is 2. The Morgan fingerprint density at radius 1 is 1.23 bits per heavy atom. The Labute approximate surface area is 175 Å². The lowest BCUT2D eigenvalue weighted by Crippen LogP contribution is -2.63. The lowest BCUT2D eigenvalue weighted by Gasteiger charge is -2.58. The van der Waals surface area contributed by atoms with E-state index in [0.29, 0.717) is 18.7 Å². The topological polar surface area (TPSA) is 116 Å². The highest BCUT2D eigenvalue weighted by Gasteiger charge is 2.54. The van der Waals surface area contributed by atoms with Gasteiger partial charge in [0, 0.05) is 24.1 Å². The second-order valence-electron chi connectivity index (χ2n) is 7.95. The number of anilines is 1. The first-order valence-electron chi connectivity index (χ1n) is 9.47. The van der Waals surface area contributed by atoms with Crippen LogP contribution in [-0.4, -0.2) is 45.9 Å². The predicted molar refractivity (Wildman–Crippen MR) is 105 cm³/mol. The molecule has 1 aromatic heterocycles. The van der Waals surface area contributed by atoms with Gasteiger partial charge in [0.25, 0.3) is 5.91 Å². The number of likely N-dealkylation sites (tertiary alicyclic amines) is 1. The minimum atomic E-state index is -4.81. The molecule has 1 aliphatic carbocycles. The van der Waals surface area contributed by atoms with E-state index in [4.69, 9.17) is 11.5 Å². The summed E-state index contributed by atoms with van der Waals surface area (Å²) in [5.41, 5.74) is 12.3. The van der Waals surface area contributed by atoms with Crippen LogP contribution < -0.4 is 16.2 Å². The van der Waals surface area contributed by atoms with E-state index in [1.165, 1.54) is 18.2 Å². The molecule has 1 aromatic carbocycles. The molecule has 2 heterocycles. The van der Waals surface area contributed by atoms with Crippen LogP contribution >= 0.6 is 0 Å². The normalized spacial score (nSPS) is 17.7. The van der Waals surface area contributed by atoms with E-state index < -0.39 is 18.0 Å². The summed E-state index contributed by atoms with van der Waals surface area (Å²) >= 11 is 0. The third kappa shape index (κ3) is 3.71. The first kappa shape index (κ1) is 20.8. The number of hydrogen-bond acceptors (Lipinski definition) is 5. The monoisotopic (exact) mass is 435 g/mol. The van der Waals surface area contributed by atoms with Crippen molar-refractivity contribution < 1.29 is 27.5 Å². The summed E-state index contributed by atoms with van der Waals surface area (Å²) in [5, 5.41) is 4.45. The molecule has 4 N–H and O–H groups in total. The van der Waals surface area contributed by atoms with Crippen LogP contribution in [0.15, 0.2) is 36.9 Å². The van der Waals surface area contributed by atoms with Gasteiger partial charge in [-0.05, 0) is 43.2 Å². The molecule has 2 fully saturated rings. The van der Waals surface area contributed by atoms with Crippen molar-refractivity contribution in [2.75, 3.05) is 18.8 Å². The van der Waals surface area contributed by atoms with E-state index in [0.717, 1.165) is 25.0 Å². The zero-order chi connectivity index (χ0) is 22.6. The number of benzene rings is 1. The molecule has 1 saturated heterocycles. The number of halogens is 3. The lowest BCUT2D eigenvalue weighted by atomic mass is 9.60. The van der Waals surface area contributed by atoms with Crippen molar-refractivity contribution in [3.63, 3.8) is 0 Å². The number of nitrogens with two attached hydrogens (primary N) is 2. The first-order chi connectivity index (χ1) is 14.5. The van der Waals surface area contributed by atoms with Crippen molar-refractivity contribution in [3.05, 3.63) is 42.5 Å². The fourth-order valence-corrected chi connectivity index (χ4v) is 4.40. The highest BCUT2D eigenvalue weighted by atomic mass is 19.4. The van der Waals surface area contributed by atoms with Crippen LogP contribution in [0, 0.1) is 5.41 Å². The van der Waals surface area contributed by atoms with Gasteiger partial charge in [-0.1, -0.05) is 6.58 Å². The van der Waals surface area contributed by atoms with Gasteiger partial charge in [-0.3, -0.25) is 9.59 Å². The van der Waals surface area contributed by atoms with Crippen molar-refractivity contribution in [2.24, 2.45) is 11.1 Å². The maximum absolute atomic E-state index is 12.4. The second kappa shape index (κ2) is 7.03. The molecule has 11 heteroatoms. The molecule has 8 nitrogen and oxygen atoms in total. The summed E-state index contributed by atoms with van der Waals surface area (Å²) in [5.74, 6) is -1.18. The molecule has 31 heavy (non-hydrogen) atoms. The van der Waals surface area contributed by atoms with Crippen molar-refractivity contribution in [1.29, 1.82) is 0 Å². The summed E-state index contributed by atoms with van der Waals surface area (Å²) in [7, 11) is 0. The van der Waals surface area contributed by atoms with Crippen LogP contribution in [0.3, 0.4) is 0 Å². The number of nitrogen functional groups attached to an aromatic ring is 1. The number of hydrogen-bond donors (Lipinski definition) is 2. The summed E-state index contributed by atoms with van der Waals surface area (Å²) in [6.07, 6.45) is -2.06. The van der Waals surface area contributed by atoms with E-state index in [1.807, 2.05) is 0 Å². The Morgan fingerprint density at radius 3 is 2.35 bits per heavy atom. The highest BCUT2D eigenvalue weighted by molar-refractivity contribution is 6.03. The number of nitrogens with zero attached hydrogens (tertiary/aromatic N) is 3. The van der Waals surface area contributed by atoms with Gasteiger partial charge in [-0.15, -0.1) is 13.2 Å². The molecular formula is C20H20F3N5O3. The summed E-state index contributed by atoms with van der Waals surface area (Å²) in [4.78, 5) is 25.4. The van der Waals surface area contributed by atoms with Gasteiger partial charge in [-0.25, -0.2) is 4.68 Å². The minimum absolute atomic E-state index is 0.00532. The van der Waals surface area contributed by atoms with E-state index in [1.54, 1.807) is 9.58 Å². The molecule has 1 saturated carbocycles. The summed E-state index contributed by atoms with van der Waals surface area (Å²) in [6, 6.07) is 4.89. The number of alkyl halides is 3. The van der Waals surface area contributed by atoms with Crippen molar-refractivity contribution >= 4 is 17.6 Å². The van der Waals surface area contributed by atoms with Crippen molar-refractivity contribution in [2.45, 2.75) is 25.2 Å². The molecule has 2 aromatic rings. The Bertz CT molecular complexity index is 1050. The van der Waals surface area contributed by atoms with Gasteiger partial charge < -0.3 is 21.1 Å². The summed E-state index contributed by atoms with van der Waals surface area (Å²) in [6.45, 7) is 4.74. The molecule has 0 bridgehead atoms. The van der Waals surface area contributed by atoms with Crippen LogP contribution in [-0.2, 0) is 4.79 Å². The van der Waals surface area contributed by atoms with Crippen LogP contribution in [0.5, 0.6) is 5.75 Å². The van der Waals surface area contributed by atoms with Gasteiger partial charge in [-0.2, -0.15) is 5.10 Å². The molecule has 2 amide bonds. The molecule has 0 atom stereocenters. The average molecular weight is 435 g/mol. The smallest absolute Gasteiger partial charge is 0.406 e. The van der Waals surface area contributed by atoms with E-state index in [9.17, 15) is 22.8 Å². The zero-order valence-corrected chi connectivity index (χ0v) is 16.4. The maximum atomic E-state index is 12.4. The fourth-order valence-electron chi connectivity index (χ4n) is 4.40. The van der Waals surface area contributed by atoms with Crippen LogP contribution in [0.1, 0.15) is 29.2 Å². The lowest BCUT2D eigenvalue weighted by molar-refractivity contribution is -0.274. The van der Waals surface area contributed by atoms with Crippen molar-refractivity contribution in [3.8, 4) is 17.0 Å². The minimum Gasteiger partial charge on any atom is -0.406 e. The van der Waals surface area contributed by atoms with Gasteiger partial charge in [0.1, 0.15) is 22.8 Å². The van der Waals surface area contributed by atoms with E-state index in [2.05, 4.69) is 16.4 Å². The largest absolute Gasteiger partial charge is 0.573 e. The Morgan fingerprint density at radius 2 is 1.84 bits per heavy atom. The quantitative estimate of drug-likeness (QED) is 0.700. The molecule has 0 unspecified atom stereocenters. The first-order valence-corrected chi connectivity index (χ1v) is 9.47. The fraction of sp³-hybridized carbons (Fsp3) is 0.350. The number of carbonyl (C=O) groups excluding carboxylic acids is 2. The SMILES string of the molecule is C=CC(=O)N1CC2(CC(n3nc(-c4ccc(OC(F)(F)F)cc4)c(C(N)=O)c3N)C2)C1. The third-order valence-corrected chi connectivity index (χ3v) is 5.78. The standard InChI is InChI=1S/C20H20F3N5O3/c1-2-14(29)27-9-19(10-27)7-12(8-19)28-17(24)15(18(25)30)16(26-28)11-3-5-13(6-4-11)31-20(21,22)23/h2-6,12H,1,7-10,24H2,(H2,25,30). The van der Waals surface area contributed by atoms with Gasteiger partial charge >= 0.3 is 6.36 Å². The van der Waals surface area contributed by atoms with Gasteiger partial charge in [0.15, 0.2) is 0 Å². The molecular weight excluding hydrogens is 415 g/mol. The summed E-state index contributed by atoms with van der Waals surface area (Å²) < 4.78 is 42.5. The second-order valence-corrected chi connectivity index (χ2v) is 7.95. The number of ether oxygens (including phenoxy) is 1. The van der Waals surface area contributed by atoms with Crippen LogP contribution in [0.2, 0.25) is 0 Å². The number of carbonyl (C=O) groups is 2. The van der Waals surface area contributed by atoms with Crippen molar-refractivity contribution in [1.82, 2.24) is 14.7 Å². The maximum Gasteiger partial charge on any atom is 0.573 e. The molecule has 1 aliphatic heterocycles. The predicted octanol–water partition coefficient (Wildman–Crippen LogP) is 2.48. The third-order valence-electron chi connectivity index (χ3n) is 5.78. The highest BCUT2D eigenvalue weighted by Crippen LogP contribution is 2.54. The molecule has 0 radical (unpaired) electrons. The zero-order valence-electron chi connectivity index (χ0n) is 16.4. The average Bonchev–Trinajstić information content (AvgIpc) is 2.95. The van der Waals surface area contributed by atoms with E-state index in [-0.39, 0.29) is 34.4 Å². The van der Waals surface area contributed by atoms with Crippen LogP contribution in [0.25, 0.3) is 11.3 Å². The molecule has 2 aliphatic rings.